The van der Waals surface area contributed by atoms with E-state index in [9.17, 15) is 5.11 Å². The summed E-state index contributed by atoms with van der Waals surface area (Å²) in [6.07, 6.45) is 5.71. The van der Waals surface area contributed by atoms with Gasteiger partial charge in [-0.15, -0.1) is 0 Å². The Kier molecular flexibility index (Phi) is 4.95. The molecule has 1 atom stereocenters. The second-order valence-corrected chi connectivity index (χ2v) is 5.05. The van der Waals surface area contributed by atoms with Gasteiger partial charge in [-0.05, 0) is 25.8 Å². The molecule has 2 aromatic rings. The monoisotopic (exact) mass is 276 g/mol. The largest absolute Gasteiger partial charge is 0.388 e. The molecule has 0 bridgehead atoms. The van der Waals surface area contributed by atoms with E-state index in [1.807, 2.05) is 15.6 Å². The predicted octanol–water partition coefficient (Wildman–Crippen LogP) is 2.35. The molecule has 0 aliphatic carbocycles. The van der Waals surface area contributed by atoms with E-state index in [1.54, 1.807) is 6.20 Å². The average Bonchev–Trinajstić information content (AvgIpc) is 3.05. The number of hydrogen-bond donors (Lipinski definition) is 1. The van der Waals surface area contributed by atoms with E-state index >= 15 is 0 Å². The minimum Gasteiger partial charge on any atom is -0.388 e. The molecule has 0 aliphatic heterocycles. The molecule has 2 aromatic heterocycles. The van der Waals surface area contributed by atoms with Gasteiger partial charge in [-0.2, -0.15) is 10.2 Å². The Morgan fingerprint density at radius 2 is 2.10 bits per heavy atom. The van der Waals surface area contributed by atoms with Gasteiger partial charge < -0.3 is 5.11 Å². The van der Waals surface area contributed by atoms with Gasteiger partial charge in [-0.1, -0.05) is 13.8 Å². The van der Waals surface area contributed by atoms with Crippen molar-refractivity contribution < 1.29 is 5.11 Å². The lowest BCUT2D eigenvalue weighted by Gasteiger charge is -2.09. The summed E-state index contributed by atoms with van der Waals surface area (Å²) in [5, 5.41) is 19.1. The lowest BCUT2D eigenvalue weighted by Crippen LogP contribution is -2.08. The van der Waals surface area contributed by atoms with Crippen molar-refractivity contribution in [2.45, 2.75) is 59.2 Å². The molecular weight excluding hydrogens is 252 g/mol. The van der Waals surface area contributed by atoms with E-state index in [2.05, 4.69) is 37.0 Å². The van der Waals surface area contributed by atoms with Gasteiger partial charge in [0.2, 0.25) is 0 Å². The molecule has 0 radical (unpaired) electrons. The van der Waals surface area contributed by atoms with Crippen LogP contribution in [0.3, 0.4) is 0 Å². The third-order valence-electron chi connectivity index (χ3n) is 3.47. The van der Waals surface area contributed by atoms with E-state index in [1.165, 1.54) is 0 Å². The van der Waals surface area contributed by atoms with Crippen molar-refractivity contribution in [1.29, 1.82) is 0 Å². The van der Waals surface area contributed by atoms with Crippen LogP contribution < -0.4 is 0 Å². The summed E-state index contributed by atoms with van der Waals surface area (Å²) >= 11 is 0. The van der Waals surface area contributed by atoms with E-state index in [0.29, 0.717) is 6.42 Å². The van der Waals surface area contributed by atoms with Crippen LogP contribution in [0, 0.1) is 0 Å². The van der Waals surface area contributed by atoms with Crippen molar-refractivity contribution in [3.63, 3.8) is 0 Å². The van der Waals surface area contributed by atoms with Gasteiger partial charge in [0.05, 0.1) is 18.0 Å². The molecular formula is C15H24N4O. The van der Waals surface area contributed by atoms with Gasteiger partial charge in [-0.3, -0.25) is 9.36 Å². The molecule has 0 saturated carbocycles. The normalized spacial score (nSPS) is 12.8. The summed E-state index contributed by atoms with van der Waals surface area (Å²) < 4.78 is 3.85. The molecule has 20 heavy (non-hydrogen) atoms. The first-order valence-electron chi connectivity index (χ1n) is 7.43. The summed E-state index contributed by atoms with van der Waals surface area (Å²) in [5.74, 6) is 0. The molecule has 1 N–H and O–H groups in total. The maximum atomic E-state index is 10.4. The quantitative estimate of drug-likeness (QED) is 0.844. The van der Waals surface area contributed by atoms with Gasteiger partial charge >= 0.3 is 0 Å². The second-order valence-electron chi connectivity index (χ2n) is 5.05. The maximum Gasteiger partial charge on any atom is 0.0875 e. The highest BCUT2D eigenvalue weighted by atomic mass is 16.3. The highest BCUT2D eigenvalue weighted by Gasteiger charge is 2.15. The standard InChI is InChI=1S/C15H24N4O/c1-4-7-18-11-12(10-16-18)15(20)9-14-8-13(5-2)17-19(14)6-3/h8,10-11,15,20H,4-7,9H2,1-3H3. The molecule has 0 aliphatic rings. The number of aliphatic hydroxyl groups excluding tert-OH is 1. The van der Waals surface area contributed by atoms with E-state index in [-0.39, 0.29) is 0 Å². The first-order valence-corrected chi connectivity index (χ1v) is 7.43. The van der Waals surface area contributed by atoms with Crippen molar-refractivity contribution in [1.82, 2.24) is 19.6 Å². The lowest BCUT2D eigenvalue weighted by molar-refractivity contribution is 0.175. The Morgan fingerprint density at radius 3 is 2.75 bits per heavy atom. The van der Waals surface area contributed by atoms with Gasteiger partial charge in [-0.25, -0.2) is 0 Å². The summed E-state index contributed by atoms with van der Waals surface area (Å²) in [5.41, 5.74) is 3.04. The molecule has 2 rings (SSSR count). The first kappa shape index (κ1) is 14.8. The minimum absolute atomic E-state index is 0.521. The Bertz CT molecular complexity index is 544. The molecule has 110 valence electrons. The number of aliphatic hydroxyl groups is 1. The van der Waals surface area contributed by atoms with Crippen LogP contribution in [0.25, 0.3) is 0 Å². The van der Waals surface area contributed by atoms with E-state index < -0.39 is 6.10 Å². The number of rotatable bonds is 7. The number of aryl methyl sites for hydroxylation is 3. The molecule has 2 heterocycles. The lowest BCUT2D eigenvalue weighted by atomic mass is 10.1. The van der Waals surface area contributed by atoms with Crippen molar-refractivity contribution >= 4 is 0 Å². The zero-order valence-corrected chi connectivity index (χ0v) is 12.6. The van der Waals surface area contributed by atoms with Crippen LogP contribution in [0.2, 0.25) is 0 Å². The van der Waals surface area contributed by atoms with Crippen LogP contribution in [0.5, 0.6) is 0 Å². The first-order chi connectivity index (χ1) is 9.67. The molecule has 5 nitrogen and oxygen atoms in total. The Morgan fingerprint density at radius 1 is 1.30 bits per heavy atom. The Hall–Kier alpha value is -1.62. The molecule has 0 fully saturated rings. The van der Waals surface area contributed by atoms with Crippen LogP contribution in [-0.2, 0) is 25.9 Å². The minimum atomic E-state index is -0.521. The van der Waals surface area contributed by atoms with Crippen LogP contribution in [0.15, 0.2) is 18.5 Å². The van der Waals surface area contributed by atoms with Crippen LogP contribution in [0.1, 0.15) is 50.2 Å². The van der Waals surface area contributed by atoms with Gasteiger partial charge in [0.25, 0.3) is 0 Å². The van der Waals surface area contributed by atoms with Gasteiger partial charge in [0.15, 0.2) is 0 Å². The smallest absolute Gasteiger partial charge is 0.0875 e. The van der Waals surface area contributed by atoms with Crippen LogP contribution in [-0.4, -0.2) is 24.7 Å². The Labute approximate surface area is 120 Å². The molecule has 1 unspecified atom stereocenters. The van der Waals surface area contributed by atoms with Crippen LogP contribution in [0.4, 0.5) is 0 Å². The third kappa shape index (κ3) is 3.28. The second kappa shape index (κ2) is 6.70. The fourth-order valence-electron chi connectivity index (χ4n) is 2.34. The Balaban J connectivity index is 2.09. The summed E-state index contributed by atoms with van der Waals surface area (Å²) in [6, 6.07) is 2.09. The zero-order chi connectivity index (χ0) is 14.5. The topological polar surface area (TPSA) is 55.9 Å². The average molecular weight is 276 g/mol. The fourth-order valence-corrected chi connectivity index (χ4v) is 2.34. The SMILES string of the molecule is CCCn1cc(C(O)Cc2cc(CC)nn2CC)cn1. The van der Waals surface area contributed by atoms with Crippen molar-refractivity contribution in [2.75, 3.05) is 0 Å². The van der Waals surface area contributed by atoms with Gasteiger partial charge in [0, 0.05) is 37.0 Å². The number of hydrogen-bond acceptors (Lipinski definition) is 3. The zero-order valence-electron chi connectivity index (χ0n) is 12.6. The van der Waals surface area contributed by atoms with Crippen molar-refractivity contribution in [3.8, 4) is 0 Å². The summed E-state index contributed by atoms with van der Waals surface area (Å²) in [4.78, 5) is 0. The van der Waals surface area contributed by atoms with Gasteiger partial charge in [0.1, 0.15) is 0 Å². The highest BCUT2D eigenvalue weighted by molar-refractivity contribution is 5.16. The molecule has 0 amide bonds. The predicted molar refractivity (Wildman–Crippen MR) is 78.5 cm³/mol. The van der Waals surface area contributed by atoms with E-state index in [0.717, 1.165) is 42.9 Å². The summed E-state index contributed by atoms with van der Waals surface area (Å²) in [6.45, 7) is 8.00. The molecule has 5 heteroatoms. The molecule has 0 spiro atoms. The third-order valence-corrected chi connectivity index (χ3v) is 3.47. The number of aromatic nitrogens is 4. The van der Waals surface area contributed by atoms with E-state index in [4.69, 9.17) is 0 Å². The number of nitrogens with zero attached hydrogens (tertiary/aromatic N) is 4. The fraction of sp³-hybridized carbons (Fsp3) is 0.600. The van der Waals surface area contributed by atoms with Crippen LogP contribution >= 0.6 is 0 Å². The summed E-state index contributed by atoms with van der Waals surface area (Å²) in [7, 11) is 0. The maximum absolute atomic E-state index is 10.4. The van der Waals surface area contributed by atoms with Crippen molar-refractivity contribution in [2.24, 2.45) is 0 Å². The molecule has 0 aromatic carbocycles. The molecule has 0 saturated heterocycles. The van der Waals surface area contributed by atoms with Crippen molar-refractivity contribution in [3.05, 3.63) is 35.4 Å². The highest BCUT2D eigenvalue weighted by Crippen LogP contribution is 2.19.